The molecule has 0 aliphatic heterocycles. The third-order valence-corrected chi connectivity index (χ3v) is 4.06. The summed E-state index contributed by atoms with van der Waals surface area (Å²) in [5.41, 5.74) is 3.72. The molecule has 0 bridgehead atoms. The van der Waals surface area contributed by atoms with Crippen molar-refractivity contribution < 1.29 is 4.79 Å². The van der Waals surface area contributed by atoms with Crippen LogP contribution in [0.5, 0.6) is 0 Å². The number of hydrogen-bond acceptors (Lipinski definition) is 4. The van der Waals surface area contributed by atoms with Gasteiger partial charge in [-0.15, -0.1) is 0 Å². The zero-order valence-corrected chi connectivity index (χ0v) is 16.4. The van der Waals surface area contributed by atoms with E-state index in [1.807, 2.05) is 19.1 Å². The quantitative estimate of drug-likeness (QED) is 0.323. The molecule has 4 nitrogen and oxygen atoms in total. The summed E-state index contributed by atoms with van der Waals surface area (Å²) in [6.07, 6.45) is 9.06. The maximum absolute atomic E-state index is 11.7. The van der Waals surface area contributed by atoms with Crippen LogP contribution in [0.3, 0.4) is 0 Å². The first-order chi connectivity index (χ1) is 13.1. The fraction of sp³-hybridized carbons (Fsp3) is 0.348. The van der Waals surface area contributed by atoms with Crippen LogP contribution in [0.15, 0.2) is 42.6 Å². The number of rotatable bonds is 8. The molecule has 0 amide bonds. The Kier molecular flexibility index (Phi) is 8.25. The van der Waals surface area contributed by atoms with Crippen LogP contribution in [-0.2, 0) is 12.8 Å². The monoisotopic (exact) mass is 361 g/mol. The first-order valence-electron chi connectivity index (χ1n) is 9.47. The summed E-state index contributed by atoms with van der Waals surface area (Å²) in [6.45, 7) is 6.42. The zero-order valence-electron chi connectivity index (χ0n) is 16.4. The van der Waals surface area contributed by atoms with Crippen LogP contribution >= 0.6 is 0 Å². The highest BCUT2D eigenvalue weighted by Gasteiger charge is 2.09. The summed E-state index contributed by atoms with van der Waals surface area (Å²) in [5.74, 6) is 6.98. The molecule has 0 fully saturated rings. The number of hydrogen-bond donors (Lipinski definition) is 1. The molecule has 0 radical (unpaired) electrons. The van der Waals surface area contributed by atoms with E-state index in [0.29, 0.717) is 17.9 Å². The number of nitrogens with zero attached hydrogens (tertiary/aromatic N) is 2. The van der Waals surface area contributed by atoms with Crippen molar-refractivity contribution in [1.82, 2.24) is 9.97 Å². The van der Waals surface area contributed by atoms with Gasteiger partial charge in [-0.25, -0.2) is 9.97 Å². The van der Waals surface area contributed by atoms with Crippen molar-refractivity contribution in [2.45, 2.75) is 46.5 Å². The van der Waals surface area contributed by atoms with Crippen molar-refractivity contribution in [3.8, 4) is 11.8 Å². The Hall–Kier alpha value is -2.93. The van der Waals surface area contributed by atoms with E-state index < -0.39 is 0 Å². The third-order valence-electron chi connectivity index (χ3n) is 4.06. The molecule has 0 saturated carbocycles. The van der Waals surface area contributed by atoms with Crippen LogP contribution in [0.25, 0.3) is 0 Å². The minimum atomic E-state index is -0.0124. The fourth-order valence-corrected chi connectivity index (χ4v) is 2.61. The lowest BCUT2D eigenvalue weighted by atomic mass is 10.1. The van der Waals surface area contributed by atoms with Gasteiger partial charge in [0.2, 0.25) is 5.95 Å². The smallest absolute Gasteiger partial charge is 0.222 e. The number of anilines is 1. The topological polar surface area (TPSA) is 54.9 Å². The van der Waals surface area contributed by atoms with Crippen LogP contribution in [0, 0.1) is 11.8 Å². The Bertz CT molecular complexity index is 859. The highest BCUT2D eigenvalue weighted by Crippen LogP contribution is 2.11. The average Bonchev–Trinajstić information content (AvgIpc) is 2.67. The first-order valence-corrected chi connectivity index (χ1v) is 9.47. The number of nitrogens with one attached hydrogen (secondary N) is 1. The van der Waals surface area contributed by atoms with Crippen LogP contribution in [0.4, 0.5) is 5.95 Å². The molecule has 0 aliphatic carbocycles. The lowest BCUT2D eigenvalue weighted by Crippen LogP contribution is -2.08. The highest BCUT2D eigenvalue weighted by molar-refractivity contribution is 5.95. The molecule has 1 N–H and O–H groups in total. The Morgan fingerprint density at radius 1 is 1.26 bits per heavy atom. The van der Waals surface area contributed by atoms with Crippen LogP contribution < -0.4 is 5.32 Å². The van der Waals surface area contributed by atoms with E-state index >= 15 is 0 Å². The van der Waals surface area contributed by atoms with Crippen LogP contribution in [0.2, 0.25) is 0 Å². The van der Waals surface area contributed by atoms with Gasteiger partial charge in [-0.05, 0) is 44.4 Å². The van der Waals surface area contributed by atoms with E-state index in [-0.39, 0.29) is 5.78 Å². The largest absolute Gasteiger partial charge is 0.354 e. The van der Waals surface area contributed by atoms with E-state index in [1.54, 1.807) is 13.1 Å². The van der Waals surface area contributed by atoms with E-state index in [2.05, 4.69) is 58.3 Å². The van der Waals surface area contributed by atoms with E-state index in [9.17, 15) is 4.79 Å². The lowest BCUT2D eigenvalue weighted by Gasteiger charge is -2.07. The van der Waals surface area contributed by atoms with Crippen LogP contribution in [-0.4, -0.2) is 22.3 Å². The average molecular weight is 361 g/mol. The van der Waals surface area contributed by atoms with Crippen molar-refractivity contribution in [1.29, 1.82) is 0 Å². The highest BCUT2D eigenvalue weighted by atomic mass is 16.1. The Balaban J connectivity index is 1.90. The second-order valence-corrected chi connectivity index (χ2v) is 6.21. The molecule has 1 aromatic heterocycles. The second kappa shape index (κ2) is 10.9. The molecule has 2 rings (SSSR count). The summed E-state index contributed by atoms with van der Waals surface area (Å²) in [5, 5.41) is 3.08. The molecule has 0 unspecified atom stereocenters. The molecular formula is C23H27N3O. The van der Waals surface area contributed by atoms with Crippen molar-refractivity contribution >= 4 is 11.7 Å². The normalized spacial score (nSPS) is 10.5. The Labute approximate surface area is 162 Å². The number of carbonyl (C=O) groups excluding carboxylic acids is 1. The van der Waals surface area contributed by atoms with Gasteiger partial charge >= 0.3 is 0 Å². The zero-order chi connectivity index (χ0) is 19.5. The van der Waals surface area contributed by atoms with Gasteiger partial charge in [0.05, 0.1) is 11.3 Å². The lowest BCUT2D eigenvalue weighted by molar-refractivity contribution is 0.101. The van der Waals surface area contributed by atoms with Crippen molar-refractivity contribution in [3.63, 3.8) is 0 Å². The number of aromatic nitrogens is 2. The van der Waals surface area contributed by atoms with Crippen molar-refractivity contribution in [2.75, 3.05) is 11.9 Å². The second-order valence-electron chi connectivity index (χ2n) is 6.21. The number of ketones is 1. The molecule has 1 aromatic carbocycles. The molecule has 0 spiro atoms. The fourth-order valence-electron chi connectivity index (χ4n) is 2.61. The van der Waals surface area contributed by atoms with Crippen molar-refractivity contribution in [3.05, 3.63) is 65.0 Å². The van der Waals surface area contributed by atoms with Crippen molar-refractivity contribution in [2.24, 2.45) is 0 Å². The van der Waals surface area contributed by atoms with Gasteiger partial charge in [0.1, 0.15) is 0 Å². The van der Waals surface area contributed by atoms with Gasteiger partial charge in [0.25, 0.3) is 0 Å². The van der Waals surface area contributed by atoms with Gasteiger partial charge in [0, 0.05) is 31.1 Å². The molecular weight excluding hydrogens is 334 g/mol. The Morgan fingerprint density at radius 2 is 2.11 bits per heavy atom. The predicted octanol–water partition coefficient (Wildman–Crippen LogP) is 4.60. The number of carbonyl (C=O) groups is 1. The summed E-state index contributed by atoms with van der Waals surface area (Å²) in [6, 6.07) is 8.36. The van der Waals surface area contributed by atoms with Gasteiger partial charge in [0.15, 0.2) is 5.78 Å². The minimum Gasteiger partial charge on any atom is -0.354 e. The summed E-state index contributed by atoms with van der Waals surface area (Å²) >= 11 is 0. The molecule has 0 atom stereocenters. The molecule has 0 aliphatic rings. The maximum Gasteiger partial charge on any atom is 0.222 e. The molecule has 4 heteroatoms. The van der Waals surface area contributed by atoms with E-state index in [4.69, 9.17) is 0 Å². The summed E-state index contributed by atoms with van der Waals surface area (Å²) < 4.78 is 0. The van der Waals surface area contributed by atoms with Crippen LogP contribution in [0.1, 0.15) is 60.8 Å². The maximum atomic E-state index is 11.7. The number of allylic oxidation sites excluding steroid dienone is 2. The molecule has 2 aromatic rings. The first kappa shape index (κ1) is 20.4. The summed E-state index contributed by atoms with van der Waals surface area (Å²) in [4.78, 5) is 20.4. The van der Waals surface area contributed by atoms with Gasteiger partial charge in [-0.2, -0.15) is 0 Å². The standard InChI is InChI=1S/C23H27N3O/c1-4-19-13-11-14-20(16-19)12-9-7-6-8-10-15-22-21(18(3)27)17-25-23(26-22)24-5-2/h8,10-11,13-14,16-17H,4-7,15H2,1-3H3,(H,24,25,26)/b10-8+. The molecule has 27 heavy (non-hydrogen) atoms. The number of unbranched alkanes of at least 4 members (excludes halogenated alkanes) is 1. The Morgan fingerprint density at radius 3 is 2.85 bits per heavy atom. The minimum absolute atomic E-state index is 0.0124. The van der Waals surface area contributed by atoms with E-state index in [0.717, 1.165) is 37.1 Å². The number of benzene rings is 1. The SMILES string of the molecule is CCNc1ncc(C(C)=O)c(C/C=C/CCC#Cc2cccc(CC)c2)n1. The molecule has 1 heterocycles. The number of Topliss-reactive ketones (excluding diaryl/α,β-unsaturated/α-hetero) is 1. The molecule has 140 valence electrons. The number of aryl methyl sites for hydroxylation is 1. The van der Waals surface area contributed by atoms with Gasteiger partial charge in [-0.3, -0.25) is 4.79 Å². The van der Waals surface area contributed by atoms with Gasteiger partial charge in [-0.1, -0.05) is 43.0 Å². The van der Waals surface area contributed by atoms with E-state index in [1.165, 1.54) is 5.56 Å². The summed E-state index contributed by atoms with van der Waals surface area (Å²) in [7, 11) is 0. The third kappa shape index (κ3) is 6.71. The predicted molar refractivity (Wildman–Crippen MR) is 111 cm³/mol. The van der Waals surface area contributed by atoms with Gasteiger partial charge < -0.3 is 5.32 Å². The molecule has 0 saturated heterocycles.